The van der Waals surface area contributed by atoms with E-state index in [1.807, 2.05) is 20.8 Å². The van der Waals surface area contributed by atoms with Gasteiger partial charge in [-0.25, -0.2) is 0 Å². The van der Waals surface area contributed by atoms with Crippen molar-refractivity contribution in [1.82, 2.24) is 4.57 Å². The summed E-state index contributed by atoms with van der Waals surface area (Å²) in [6.45, 7) is 15.9. The van der Waals surface area contributed by atoms with Gasteiger partial charge in [0.2, 0.25) is 5.88 Å². The molecule has 0 amide bonds. The van der Waals surface area contributed by atoms with Crippen LogP contribution in [0.4, 0.5) is 5.69 Å². The summed E-state index contributed by atoms with van der Waals surface area (Å²) < 4.78 is 31.2. The first-order valence-corrected chi connectivity index (χ1v) is 14.3. The van der Waals surface area contributed by atoms with Crippen LogP contribution in [0.15, 0.2) is 16.9 Å². The van der Waals surface area contributed by atoms with Crippen molar-refractivity contribution >= 4 is 41.9 Å². The van der Waals surface area contributed by atoms with Gasteiger partial charge in [-0.2, -0.15) is 4.76 Å². The number of carbonyl (C=O) groups is 1. The second-order valence-corrected chi connectivity index (χ2v) is 13.7. The molecule has 204 valence electrons. The highest BCUT2D eigenvalue weighted by molar-refractivity contribution is 7.66. The number of benzene rings is 1. The van der Waals surface area contributed by atoms with E-state index in [2.05, 4.69) is 30.9 Å². The van der Waals surface area contributed by atoms with E-state index >= 15 is 0 Å². The quantitative estimate of drug-likeness (QED) is 0.208. The molecule has 1 atom stereocenters. The normalized spacial score (nSPS) is 17.7. The number of ether oxygens (including phenoxy) is 1. The van der Waals surface area contributed by atoms with Crippen LogP contribution in [-0.4, -0.2) is 33.2 Å². The van der Waals surface area contributed by atoms with Crippen LogP contribution in [-0.2, 0) is 25.8 Å². The number of aromatic hydroxyl groups is 2. The van der Waals surface area contributed by atoms with Crippen LogP contribution >= 0.6 is 19.1 Å². The zero-order valence-corrected chi connectivity index (χ0v) is 24.4. The largest absolute Gasteiger partial charge is 0.505 e. The first-order chi connectivity index (χ1) is 17.0. The van der Waals surface area contributed by atoms with E-state index in [9.17, 15) is 19.6 Å². The molecule has 11 heteroatoms. The Hall–Kier alpha value is -2.48. The third kappa shape index (κ3) is 6.00. The van der Waals surface area contributed by atoms with Gasteiger partial charge in [-0.05, 0) is 24.8 Å². The average Bonchev–Trinajstić information content (AvgIpc) is 3.02. The third-order valence-electron chi connectivity index (χ3n) is 5.89. The highest BCUT2D eigenvalue weighted by Gasteiger charge is 2.40. The molecule has 0 spiro atoms. The van der Waals surface area contributed by atoms with E-state index in [4.69, 9.17) is 20.9 Å². The monoisotopic (exact) mass is 553 g/mol. The van der Waals surface area contributed by atoms with Crippen LogP contribution in [0.5, 0.6) is 17.4 Å². The Morgan fingerprint density at radius 2 is 1.81 bits per heavy atom. The van der Waals surface area contributed by atoms with E-state index in [1.165, 1.54) is 12.1 Å². The number of fused-ring (bicyclic) bond motifs is 1. The van der Waals surface area contributed by atoms with E-state index in [0.717, 1.165) is 6.42 Å². The lowest BCUT2D eigenvalue weighted by atomic mass is 9.89. The molecule has 1 aromatic heterocycles. The Labute approximate surface area is 223 Å². The van der Waals surface area contributed by atoms with Crippen LogP contribution in [0.1, 0.15) is 79.5 Å². The second kappa shape index (κ2) is 10.4. The predicted octanol–water partition coefficient (Wildman–Crippen LogP) is 6.33. The number of carbonyl (C=O) groups excluding carboxylic acids is 1. The van der Waals surface area contributed by atoms with Crippen molar-refractivity contribution < 1.29 is 28.8 Å². The molecule has 0 aliphatic carbocycles. The van der Waals surface area contributed by atoms with Crippen molar-refractivity contribution in [3.05, 3.63) is 28.4 Å². The Morgan fingerprint density at radius 1 is 1.16 bits per heavy atom. The summed E-state index contributed by atoms with van der Waals surface area (Å²) in [5.74, 6) is -0.932. The lowest BCUT2D eigenvalue weighted by Crippen LogP contribution is -2.27. The summed E-state index contributed by atoms with van der Waals surface area (Å²) in [5.41, 5.74) is 0.116. The molecule has 3 N–H and O–H groups in total. The standard InChI is InChI=1S/C26H37ClN3O6P/c1-9-18(31)36-16-13-15(27)14-17-20(16)28-23(29-37(17,34)35-10-2)19-21(32)22(26(6,7)8)30(24(19)33)12-11-25(3,4)5/h13-14,32-33H,9-12H2,1-8H3,(H,28,29,34). The molecule has 1 aliphatic rings. The summed E-state index contributed by atoms with van der Waals surface area (Å²) in [6.07, 6.45) is 0.839. The molecular formula is C26H37ClN3O6P. The maximum Gasteiger partial charge on any atom is 0.348 e. The van der Waals surface area contributed by atoms with E-state index < -0.39 is 18.9 Å². The number of hydrogen-bond donors (Lipinski definition) is 3. The molecule has 1 unspecified atom stereocenters. The maximum atomic E-state index is 14.0. The topological polar surface area (TPSA) is 122 Å². The molecule has 0 saturated carbocycles. The summed E-state index contributed by atoms with van der Waals surface area (Å²) in [6, 6.07) is 2.87. The van der Waals surface area contributed by atoms with E-state index in [-0.39, 0.29) is 63.2 Å². The number of nitrogens with one attached hydrogen (secondary N) is 1. The van der Waals surface area contributed by atoms with Gasteiger partial charge in [0.05, 0.1) is 23.3 Å². The molecule has 0 bridgehead atoms. The second-order valence-electron chi connectivity index (χ2n) is 11.2. The van der Waals surface area contributed by atoms with E-state index in [0.29, 0.717) is 12.2 Å². The Balaban J connectivity index is 2.27. The fourth-order valence-electron chi connectivity index (χ4n) is 4.14. The minimum Gasteiger partial charge on any atom is -0.505 e. The summed E-state index contributed by atoms with van der Waals surface area (Å²) in [5, 5.41) is 26.2. The molecule has 0 saturated heterocycles. The molecule has 1 aliphatic heterocycles. The molecule has 9 nitrogen and oxygen atoms in total. The van der Waals surface area contributed by atoms with Crippen molar-refractivity contribution in [3.63, 3.8) is 0 Å². The minimum atomic E-state index is -3.94. The van der Waals surface area contributed by atoms with E-state index in [1.54, 1.807) is 18.4 Å². The SMILES string of the molecule is CCOP1(=O)N=C(c2c(O)c(C(C)(C)C)n(CCC(C)(C)C)c2O)Nc2c(OC(=O)CC)cc(Cl)cc21. The number of esters is 1. The van der Waals surface area contributed by atoms with Gasteiger partial charge in [0.1, 0.15) is 5.56 Å². The zero-order chi connectivity index (χ0) is 27.9. The Kier molecular flexibility index (Phi) is 8.14. The van der Waals surface area contributed by atoms with Gasteiger partial charge in [0.25, 0.3) is 0 Å². The summed E-state index contributed by atoms with van der Waals surface area (Å²) in [7, 11) is -3.94. The predicted molar refractivity (Wildman–Crippen MR) is 147 cm³/mol. The fraction of sp³-hybridized carbons (Fsp3) is 0.538. The van der Waals surface area contributed by atoms with Crippen LogP contribution in [0, 0.1) is 5.41 Å². The highest BCUT2D eigenvalue weighted by Crippen LogP contribution is 2.55. The van der Waals surface area contributed by atoms with Gasteiger partial charge in [-0.3, -0.25) is 9.36 Å². The minimum absolute atomic E-state index is 0.00729. The number of aromatic nitrogens is 1. The van der Waals surface area contributed by atoms with Crippen molar-refractivity contribution in [1.29, 1.82) is 0 Å². The molecule has 3 rings (SSSR count). The Bertz CT molecular complexity index is 1290. The van der Waals surface area contributed by atoms with Gasteiger partial charge in [-0.1, -0.05) is 60.1 Å². The van der Waals surface area contributed by atoms with Crippen molar-refractivity contribution in [3.8, 4) is 17.4 Å². The van der Waals surface area contributed by atoms with Crippen molar-refractivity contribution in [2.75, 3.05) is 11.9 Å². The number of hydrogen-bond acceptors (Lipinski definition) is 7. The highest BCUT2D eigenvalue weighted by atomic mass is 35.5. The molecule has 37 heavy (non-hydrogen) atoms. The number of rotatable bonds is 7. The first-order valence-electron chi connectivity index (χ1n) is 12.3. The summed E-state index contributed by atoms with van der Waals surface area (Å²) >= 11 is 6.26. The third-order valence-corrected chi connectivity index (χ3v) is 8.14. The lowest BCUT2D eigenvalue weighted by molar-refractivity contribution is -0.133. The first kappa shape index (κ1) is 29.1. The van der Waals surface area contributed by atoms with Crippen molar-refractivity contribution in [2.45, 2.75) is 80.2 Å². The number of amidine groups is 1. The van der Waals surface area contributed by atoms with Crippen molar-refractivity contribution in [2.24, 2.45) is 10.2 Å². The molecule has 2 aromatic rings. The molecular weight excluding hydrogens is 517 g/mol. The van der Waals surface area contributed by atoms with Gasteiger partial charge < -0.3 is 29.4 Å². The molecule has 0 fully saturated rings. The van der Waals surface area contributed by atoms with Gasteiger partial charge in [-0.15, -0.1) is 0 Å². The van der Waals surface area contributed by atoms with Gasteiger partial charge >= 0.3 is 13.5 Å². The summed E-state index contributed by atoms with van der Waals surface area (Å²) in [4.78, 5) is 12.1. The lowest BCUT2D eigenvalue weighted by Gasteiger charge is -2.26. The van der Waals surface area contributed by atoms with Gasteiger partial charge in [0, 0.05) is 29.5 Å². The molecule has 0 radical (unpaired) electrons. The van der Waals surface area contributed by atoms with Crippen LogP contribution in [0.3, 0.4) is 0 Å². The number of halogens is 1. The van der Waals surface area contributed by atoms with Crippen LogP contribution in [0.25, 0.3) is 0 Å². The van der Waals surface area contributed by atoms with Gasteiger partial charge in [0.15, 0.2) is 17.3 Å². The molecule has 1 aromatic carbocycles. The van der Waals surface area contributed by atoms with Crippen LogP contribution in [0.2, 0.25) is 5.02 Å². The Morgan fingerprint density at radius 3 is 2.35 bits per heavy atom. The molecule has 2 heterocycles. The number of anilines is 1. The fourth-order valence-corrected chi connectivity index (χ4v) is 6.25. The zero-order valence-electron chi connectivity index (χ0n) is 22.7. The average molecular weight is 554 g/mol. The number of nitrogens with zero attached hydrogens (tertiary/aromatic N) is 2. The maximum absolute atomic E-state index is 14.0. The van der Waals surface area contributed by atoms with Crippen LogP contribution < -0.4 is 15.4 Å². The smallest absolute Gasteiger partial charge is 0.348 e.